The number of hydrogen-bond acceptors (Lipinski definition) is 2. The highest BCUT2D eigenvalue weighted by atomic mass is 16.5. The quantitative estimate of drug-likeness (QED) is 0.592. The minimum Gasteiger partial charge on any atom is -0.367 e. The first-order chi connectivity index (χ1) is 7.44. The van der Waals surface area contributed by atoms with Crippen molar-refractivity contribution in [3.8, 4) is 0 Å². The molecular formula is C14H28O2. The summed E-state index contributed by atoms with van der Waals surface area (Å²) in [6.45, 7) is 13.3. The lowest BCUT2D eigenvalue weighted by Gasteiger charge is -2.39. The first-order valence-electron chi connectivity index (χ1n) is 6.54. The van der Waals surface area contributed by atoms with Gasteiger partial charge in [0.1, 0.15) is 5.60 Å². The van der Waals surface area contributed by atoms with E-state index in [2.05, 4.69) is 41.5 Å². The van der Waals surface area contributed by atoms with Crippen molar-refractivity contribution in [2.45, 2.75) is 60.0 Å². The lowest BCUT2D eigenvalue weighted by molar-refractivity contribution is -0.153. The normalized spacial score (nSPS) is 19.2. The van der Waals surface area contributed by atoms with Gasteiger partial charge in [-0.25, -0.2) is 0 Å². The average Bonchev–Trinajstić information content (AvgIpc) is 2.28. The Morgan fingerprint density at radius 3 is 1.75 bits per heavy atom. The van der Waals surface area contributed by atoms with Gasteiger partial charge in [-0.15, -0.1) is 0 Å². The Balaban J connectivity index is 4.88. The predicted molar refractivity (Wildman–Crippen MR) is 68.5 cm³/mol. The molecule has 2 heteroatoms. The topological polar surface area (TPSA) is 26.3 Å². The maximum absolute atomic E-state index is 11.5. The van der Waals surface area contributed by atoms with Crippen LogP contribution in [0.1, 0.15) is 54.4 Å². The molecule has 0 radical (unpaired) electrons. The number of ether oxygens (including phenoxy) is 1. The highest BCUT2D eigenvalue weighted by Gasteiger charge is 2.40. The number of aldehydes is 1. The maximum atomic E-state index is 11.5. The van der Waals surface area contributed by atoms with Crippen LogP contribution in [0.3, 0.4) is 0 Å². The molecule has 96 valence electrons. The summed E-state index contributed by atoms with van der Waals surface area (Å²) in [5, 5.41) is 0. The Hall–Kier alpha value is -0.370. The summed E-state index contributed by atoms with van der Waals surface area (Å²) in [6.07, 6.45) is 2.99. The van der Waals surface area contributed by atoms with Gasteiger partial charge < -0.3 is 9.53 Å². The van der Waals surface area contributed by atoms with Crippen molar-refractivity contribution < 1.29 is 9.53 Å². The number of carbonyl (C=O) groups is 1. The zero-order chi connectivity index (χ0) is 12.8. The Morgan fingerprint density at radius 2 is 1.50 bits per heavy atom. The molecule has 0 fully saturated rings. The molecule has 2 atom stereocenters. The Bertz CT molecular complexity index is 189. The van der Waals surface area contributed by atoms with Gasteiger partial charge >= 0.3 is 0 Å². The summed E-state index contributed by atoms with van der Waals surface area (Å²) in [7, 11) is 0. The third kappa shape index (κ3) is 3.58. The van der Waals surface area contributed by atoms with Crippen LogP contribution < -0.4 is 0 Å². The summed E-state index contributed by atoms with van der Waals surface area (Å²) < 4.78 is 5.98. The second-order valence-corrected chi connectivity index (χ2v) is 5.29. The first kappa shape index (κ1) is 15.6. The van der Waals surface area contributed by atoms with E-state index < -0.39 is 5.60 Å². The van der Waals surface area contributed by atoms with Gasteiger partial charge in [0, 0.05) is 0 Å². The number of hydrogen-bond donors (Lipinski definition) is 0. The maximum Gasteiger partial charge on any atom is 0.152 e. The molecule has 2 nitrogen and oxygen atoms in total. The highest BCUT2D eigenvalue weighted by Crippen LogP contribution is 2.33. The zero-order valence-electron chi connectivity index (χ0n) is 11.7. The third-order valence-electron chi connectivity index (χ3n) is 3.62. The van der Waals surface area contributed by atoms with E-state index in [1.54, 1.807) is 0 Å². The van der Waals surface area contributed by atoms with Crippen molar-refractivity contribution in [3.63, 3.8) is 0 Å². The summed E-state index contributed by atoms with van der Waals surface area (Å²) in [5.41, 5.74) is -0.590. The molecule has 0 bridgehead atoms. The smallest absolute Gasteiger partial charge is 0.152 e. The highest BCUT2D eigenvalue weighted by molar-refractivity contribution is 5.63. The van der Waals surface area contributed by atoms with Crippen molar-refractivity contribution in [1.29, 1.82) is 0 Å². The molecule has 0 amide bonds. The van der Waals surface area contributed by atoms with Gasteiger partial charge in [-0.05, 0) is 17.8 Å². The summed E-state index contributed by atoms with van der Waals surface area (Å²) >= 11 is 0. The Labute approximate surface area is 101 Å². The second-order valence-electron chi connectivity index (χ2n) is 5.29. The average molecular weight is 228 g/mol. The van der Waals surface area contributed by atoms with Crippen LogP contribution >= 0.6 is 0 Å². The fourth-order valence-electron chi connectivity index (χ4n) is 1.99. The largest absolute Gasteiger partial charge is 0.367 e. The molecule has 0 aromatic carbocycles. The van der Waals surface area contributed by atoms with E-state index in [1.165, 1.54) is 0 Å². The molecule has 16 heavy (non-hydrogen) atoms. The van der Waals surface area contributed by atoms with Gasteiger partial charge in [0.05, 0.1) is 6.61 Å². The van der Waals surface area contributed by atoms with Gasteiger partial charge in [0.2, 0.25) is 0 Å². The zero-order valence-corrected chi connectivity index (χ0v) is 11.7. The minimum atomic E-state index is -0.590. The molecular weight excluding hydrogens is 200 g/mol. The first-order valence-corrected chi connectivity index (χ1v) is 6.54. The lowest BCUT2D eigenvalue weighted by Crippen LogP contribution is -2.47. The van der Waals surface area contributed by atoms with Crippen LogP contribution in [-0.2, 0) is 9.53 Å². The van der Waals surface area contributed by atoms with Crippen molar-refractivity contribution in [1.82, 2.24) is 0 Å². The SMILES string of the molecule is CCC(C)C(C=O)(OCC(C)C)C(C)CC. The monoisotopic (exact) mass is 228 g/mol. The molecule has 0 spiro atoms. The van der Waals surface area contributed by atoms with Crippen molar-refractivity contribution in [3.05, 3.63) is 0 Å². The van der Waals surface area contributed by atoms with Crippen molar-refractivity contribution >= 4 is 6.29 Å². The summed E-state index contributed by atoms with van der Waals surface area (Å²) in [4.78, 5) is 11.5. The molecule has 0 aliphatic rings. The predicted octanol–water partition coefficient (Wildman–Crippen LogP) is 3.69. The lowest BCUT2D eigenvalue weighted by atomic mass is 9.77. The molecule has 0 aliphatic heterocycles. The van der Waals surface area contributed by atoms with E-state index in [0.29, 0.717) is 12.5 Å². The van der Waals surface area contributed by atoms with Gasteiger partial charge in [-0.2, -0.15) is 0 Å². The molecule has 0 aliphatic carbocycles. The van der Waals surface area contributed by atoms with E-state index in [1.807, 2.05) is 0 Å². The van der Waals surface area contributed by atoms with Gasteiger partial charge in [0.15, 0.2) is 6.29 Å². The van der Waals surface area contributed by atoms with Crippen LogP contribution in [0.4, 0.5) is 0 Å². The van der Waals surface area contributed by atoms with Crippen LogP contribution in [-0.4, -0.2) is 18.5 Å². The van der Waals surface area contributed by atoms with Crippen LogP contribution in [0.5, 0.6) is 0 Å². The Kier molecular flexibility index (Phi) is 6.89. The van der Waals surface area contributed by atoms with Gasteiger partial charge in [-0.1, -0.05) is 54.4 Å². The van der Waals surface area contributed by atoms with E-state index in [4.69, 9.17) is 4.74 Å². The third-order valence-corrected chi connectivity index (χ3v) is 3.62. The molecule has 0 aromatic rings. The molecule has 0 aromatic heterocycles. The molecule has 0 heterocycles. The van der Waals surface area contributed by atoms with E-state index >= 15 is 0 Å². The van der Waals surface area contributed by atoms with Crippen LogP contribution in [0.15, 0.2) is 0 Å². The summed E-state index contributed by atoms with van der Waals surface area (Å²) in [6, 6.07) is 0. The minimum absolute atomic E-state index is 0.277. The molecule has 0 saturated heterocycles. The molecule has 0 N–H and O–H groups in total. The van der Waals surface area contributed by atoms with Crippen LogP contribution in [0, 0.1) is 17.8 Å². The van der Waals surface area contributed by atoms with Gasteiger partial charge in [0.25, 0.3) is 0 Å². The van der Waals surface area contributed by atoms with Crippen LogP contribution in [0.2, 0.25) is 0 Å². The van der Waals surface area contributed by atoms with Crippen molar-refractivity contribution in [2.75, 3.05) is 6.61 Å². The Morgan fingerprint density at radius 1 is 1.06 bits per heavy atom. The van der Waals surface area contributed by atoms with Gasteiger partial charge in [-0.3, -0.25) is 0 Å². The fraction of sp³-hybridized carbons (Fsp3) is 0.929. The standard InChI is InChI=1S/C14H28O2/c1-7-12(5)14(10-15,13(6)8-2)16-9-11(3)4/h10-13H,7-9H2,1-6H3. The van der Waals surface area contributed by atoms with E-state index in [0.717, 1.165) is 19.1 Å². The molecule has 0 saturated carbocycles. The second kappa shape index (κ2) is 7.05. The summed E-state index contributed by atoms with van der Waals surface area (Å²) in [5.74, 6) is 1.02. The number of rotatable bonds is 8. The van der Waals surface area contributed by atoms with E-state index in [9.17, 15) is 4.79 Å². The van der Waals surface area contributed by atoms with E-state index in [-0.39, 0.29) is 11.8 Å². The van der Waals surface area contributed by atoms with Crippen LogP contribution in [0.25, 0.3) is 0 Å². The molecule has 0 rings (SSSR count). The molecule has 2 unspecified atom stereocenters. The fourth-order valence-corrected chi connectivity index (χ4v) is 1.99. The number of carbonyl (C=O) groups excluding carboxylic acids is 1. The van der Waals surface area contributed by atoms with Crippen molar-refractivity contribution in [2.24, 2.45) is 17.8 Å².